The van der Waals surface area contributed by atoms with Gasteiger partial charge in [-0.1, -0.05) is 12.1 Å². The zero-order valence-corrected chi connectivity index (χ0v) is 29.0. The van der Waals surface area contributed by atoms with Crippen molar-refractivity contribution in [3.63, 3.8) is 0 Å². The number of hydrogen-bond donors (Lipinski definition) is 0. The lowest BCUT2D eigenvalue weighted by Gasteiger charge is -2.57. The summed E-state index contributed by atoms with van der Waals surface area (Å²) in [5, 5.41) is 4.53. The molecule has 4 aromatic rings. The molecule has 0 spiro atoms. The molecule has 49 heavy (non-hydrogen) atoms. The highest BCUT2D eigenvalue weighted by molar-refractivity contribution is 5.81. The number of rotatable bonds is 9. The Labute approximate surface area is 288 Å². The summed E-state index contributed by atoms with van der Waals surface area (Å²) in [5.74, 6) is 2.73. The molecule has 6 saturated heterocycles. The number of carbonyl (C=O) groups is 1. The van der Waals surface area contributed by atoms with Gasteiger partial charge in [-0.3, -0.25) is 9.80 Å². The van der Waals surface area contributed by atoms with Crippen molar-refractivity contribution in [3.8, 4) is 22.6 Å². The van der Waals surface area contributed by atoms with E-state index >= 15 is 0 Å². The Hall–Kier alpha value is -4.35. The predicted molar refractivity (Wildman–Crippen MR) is 188 cm³/mol. The third-order valence-corrected chi connectivity index (χ3v) is 10.6. The molecule has 0 aliphatic carbocycles. The molecule has 9 heterocycles. The minimum atomic E-state index is -0.483. The van der Waals surface area contributed by atoms with Gasteiger partial charge in [-0.25, -0.2) is 14.3 Å². The fraction of sp³-hybridized carbons (Fsp3) is 0.500. The van der Waals surface area contributed by atoms with Crippen molar-refractivity contribution < 1.29 is 19.0 Å². The number of methoxy groups -OCH3 is 1. The van der Waals surface area contributed by atoms with E-state index in [9.17, 15) is 4.79 Å². The van der Waals surface area contributed by atoms with Crippen molar-refractivity contribution in [1.29, 1.82) is 0 Å². The fourth-order valence-corrected chi connectivity index (χ4v) is 8.22. The lowest BCUT2D eigenvalue weighted by molar-refractivity contribution is -0.0434. The first kappa shape index (κ1) is 31.9. The summed E-state index contributed by atoms with van der Waals surface area (Å²) in [5.41, 5.74) is 3.95. The van der Waals surface area contributed by atoms with E-state index < -0.39 is 5.60 Å². The van der Waals surface area contributed by atoms with Gasteiger partial charge < -0.3 is 24.0 Å². The second-order valence-electron chi connectivity index (χ2n) is 15.0. The normalized spacial score (nSPS) is 23.8. The summed E-state index contributed by atoms with van der Waals surface area (Å²) in [7, 11) is 1.71. The second kappa shape index (κ2) is 12.8. The van der Waals surface area contributed by atoms with Crippen LogP contribution in [0.15, 0.2) is 67.1 Å². The molecule has 0 N–H and O–H groups in total. The first-order valence-corrected chi connectivity index (χ1v) is 17.6. The van der Waals surface area contributed by atoms with Crippen LogP contribution in [0.25, 0.3) is 16.6 Å². The van der Waals surface area contributed by atoms with Gasteiger partial charge in [-0.05, 0) is 82.0 Å². The van der Waals surface area contributed by atoms with Crippen molar-refractivity contribution >= 4 is 17.4 Å². The number of pyridine rings is 2. The maximum absolute atomic E-state index is 12.8. The van der Waals surface area contributed by atoms with Crippen LogP contribution in [-0.2, 0) is 11.3 Å². The van der Waals surface area contributed by atoms with E-state index in [0.717, 1.165) is 79.5 Å². The number of piperidine rings is 3. The lowest BCUT2D eigenvalue weighted by atomic mass is 9.87. The molecule has 6 aliphatic heterocycles. The molecule has 6 aliphatic rings. The highest BCUT2D eigenvalue weighted by Crippen LogP contribution is 2.38. The number of nitrogens with zero attached hydrogens (tertiary/aromatic N) is 7. The highest BCUT2D eigenvalue weighted by Gasteiger charge is 2.45. The van der Waals surface area contributed by atoms with E-state index in [4.69, 9.17) is 19.2 Å². The largest absolute Gasteiger partial charge is 0.497 e. The van der Waals surface area contributed by atoms with Gasteiger partial charge in [-0.2, -0.15) is 5.10 Å². The number of benzene rings is 1. The van der Waals surface area contributed by atoms with Crippen molar-refractivity contribution in [2.45, 2.75) is 76.3 Å². The molecule has 4 bridgehead atoms. The number of aromatic nitrogens is 3. The van der Waals surface area contributed by atoms with Gasteiger partial charge in [0.05, 0.1) is 25.0 Å². The molecule has 6 fully saturated rings. The van der Waals surface area contributed by atoms with Gasteiger partial charge in [0, 0.05) is 80.8 Å². The third kappa shape index (κ3) is 6.53. The summed E-state index contributed by atoms with van der Waals surface area (Å²) < 4.78 is 19.2. The van der Waals surface area contributed by atoms with E-state index in [-0.39, 0.29) is 12.1 Å². The zero-order valence-electron chi connectivity index (χ0n) is 29.0. The second-order valence-corrected chi connectivity index (χ2v) is 15.0. The van der Waals surface area contributed by atoms with Gasteiger partial charge >= 0.3 is 6.09 Å². The van der Waals surface area contributed by atoms with Gasteiger partial charge in [0.2, 0.25) is 0 Å². The number of hydrogen-bond acceptors (Lipinski definition) is 9. The van der Waals surface area contributed by atoms with Crippen LogP contribution in [0.1, 0.15) is 45.6 Å². The van der Waals surface area contributed by atoms with Crippen molar-refractivity contribution in [3.05, 3.63) is 72.7 Å². The minimum Gasteiger partial charge on any atom is -0.497 e. The molecule has 4 unspecified atom stereocenters. The van der Waals surface area contributed by atoms with E-state index in [0.29, 0.717) is 31.3 Å². The minimum absolute atomic E-state index is 0.191. The lowest BCUT2D eigenvalue weighted by Crippen LogP contribution is -2.69. The summed E-state index contributed by atoms with van der Waals surface area (Å²) in [6.45, 7) is 11.8. The molecule has 11 nitrogen and oxygen atoms in total. The molecule has 4 atom stereocenters. The van der Waals surface area contributed by atoms with E-state index in [1.165, 1.54) is 12.0 Å². The van der Waals surface area contributed by atoms with Crippen LogP contribution in [0.3, 0.4) is 0 Å². The molecular weight excluding hydrogens is 618 g/mol. The van der Waals surface area contributed by atoms with Crippen molar-refractivity contribution in [2.75, 3.05) is 51.3 Å². The molecular formula is C38H47N7O4. The molecule has 258 valence electrons. The quantitative estimate of drug-likeness (QED) is 0.236. The summed E-state index contributed by atoms with van der Waals surface area (Å²) in [4.78, 5) is 27.2. The molecule has 3 aromatic heterocycles. The zero-order chi connectivity index (χ0) is 33.7. The van der Waals surface area contributed by atoms with E-state index in [1.807, 2.05) is 67.0 Å². The fourth-order valence-electron chi connectivity index (χ4n) is 8.22. The summed E-state index contributed by atoms with van der Waals surface area (Å²) in [6, 6.07) is 18.4. The van der Waals surface area contributed by atoms with Crippen LogP contribution in [-0.4, -0.2) is 112 Å². The first-order valence-electron chi connectivity index (χ1n) is 17.6. The Bertz CT molecular complexity index is 1770. The number of ether oxygens (including phenoxy) is 3. The number of fused-ring (bicyclic) bond motifs is 6. The van der Waals surface area contributed by atoms with Crippen LogP contribution >= 0.6 is 0 Å². The molecule has 11 heteroatoms. The number of piperazine rings is 2. The summed E-state index contributed by atoms with van der Waals surface area (Å²) in [6.07, 6.45) is 8.91. The molecule has 1 amide bonds. The number of anilines is 1. The highest BCUT2D eigenvalue weighted by atomic mass is 16.6. The Kier molecular flexibility index (Phi) is 8.35. The SMILES string of the molecule is COc1ccc(CN2CC3CC(C2)N3c2ccc(-c3cc(OCCN4CC5CCC4CN5C(=O)OC(C)(C)C)cn4nccc34)cn2)cc1. The Morgan fingerprint density at radius 3 is 2.41 bits per heavy atom. The average Bonchev–Trinajstić information content (AvgIpc) is 3.57. The van der Waals surface area contributed by atoms with Gasteiger partial charge in [-0.15, -0.1) is 0 Å². The van der Waals surface area contributed by atoms with Gasteiger partial charge in [0.25, 0.3) is 0 Å². The van der Waals surface area contributed by atoms with Crippen LogP contribution in [0.4, 0.5) is 10.6 Å². The average molecular weight is 666 g/mol. The Morgan fingerprint density at radius 1 is 0.918 bits per heavy atom. The first-order chi connectivity index (χ1) is 23.7. The van der Waals surface area contributed by atoms with Crippen LogP contribution < -0.4 is 14.4 Å². The smallest absolute Gasteiger partial charge is 0.410 e. The molecule has 0 radical (unpaired) electrons. The van der Waals surface area contributed by atoms with Crippen LogP contribution in [0.5, 0.6) is 11.5 Å². The van der Waals surface area contributed by atoms with Gasteiger partial charge in [0.15, 0.2) is 0 Å². The summed E-state index contributed by atoms with van der Waals surface area (Å²) >= 11 is 0. The third-order valence-electron chi connectivity index (χ3n) is 10.6. The Balaban J connectivity index is 0.887. The number of carbonyl (C=O) groups excluding carboxylic acids is 1. The molecule has 1 aromatic carbocycles. The van der Waals surface area contributed by atoms with Crippen LogP contribution in [0, 0.1) is 0 Å². The van der Waals surface area contributed by atoms with E-state index in [1.54, 1.807) is 7.11 Å². The monoisotopic (exact) mass is 665 g/mol. The molecule has 0 saturated carbocycles. The van der Waals surface area contributed by atoms with Crippen LogP contribution in [0.2, 0.25) is 0 Å². The Morgan fingerprint density at radius 2 is 1.71 bits per heavy atom. The number of amides is 1. The standard InChI is InChI=1S/C38H47N7O4/c1-38(2,3)49-37(46)43-24-28-8-9-29(43)23-42(28)15-16-48-33-18-34(35-13-14-40-44(35)25-33)27-7-12-36(39-19-27)45-30-17-31(45)22-41(21-30)20-26-5-10-32(47-4)11-6-26/h5-7,10-14,18-19,25,28-31H,8-9,15-17,20-24H2,1-4H3. The predicted octanol–water partition coefficient (Wildman–Crippen LogP) is 5.33. The maximum atomic E-state index is 12.8. The van der Waals surface area contributed by atoms with Gasteiger partial charge in [0.1, 0.15) is 29.5 Å². The molecule has 10 rings (SSSR count). The van der Waals surface area contributed by atoms with E-state index in [2.05, 4.69) is 50.1 Å². The maximum Gasteiger partial charge on any atom is 0.410 e. The topological polar surface area (TPSA) is 87.9 Å². The van der Waals surface area contributed by atoms with Crippen molar-refractivity contribution in [2.24, 2.45) is 0 Å². The van der Waals surface area contributed by atoms with Crippen molar-refractivity contribution in [1.82, 2.24) is 29.3 Å².